The van der Waals surface area contributed by atoms with Gasteiger partial charge in [0.25, 0.3) is 0 Å². The van der Waals surface area contributed by atoms with Crippen LogP contribution in [-0.4, -0.2) is 15.0 Å². The summed E-state index contributed by atoms with van der Waals surface area (Å²) in [5.74, 6) is 0.679. The molecule has 0 bridgehead atoms. The molecule has 3 heterocycles. The van der Waals surface area contributed by atoms with Gasteiger partial charge in [-0.05, 0) is 28.1 Å². The summed E-state index contributed by atoms with van der Waals surface area (Å²) in [6.45, 7) is 0. The number of nitrogens with zero attached hydrogens (tertiary/aromatic N) is 2. The molecule has 1 N–H and O–H groups in total. The number of H-pyrrole nitrogens is 1. The second-order valence-electron chi connectivity index (χ2n) is 3.35. The maximum Gasteiger partial charge on any atom is 0.178 e. The summed E-state index contributed by atoms with van der Waals surface area (Å²) in [4.78, 5) is 11.7. The van der Waals surface area contributed by atoms with E-state index in [4.69, 9.17) is 23.2 Å². The molecule has 7 heteroatoms. The predicted molar refractivity (Wildman–Crippen MR) is 74.9 cm³/mol. The SMILES string of the molecule is Clc1cc(-c2nc3ncc(Br)cc3[nH]2)c(Cl)s1. The summed E-state index contributed by atoms with van der Waals surface area (Å²) >= 11 is 16.7. The van der Waals surface area contributed by atoms with Gasteiger partial charge in [-0.3, -0.25) is 0 Å². The first-order chi connectivity index (χ1) is 8.13. The minimum absolute atomic E-state index is 0.619. The first-order valence-corrected chi connectivity index (χ1v) is 6.96. The Morgan fingerprint density at radius 3 is 2.82 bits per heavy atom. The molecule has 0 fully saturated rings. The number of nitrogens with one attached hydrogen (secondary N) is 1. The molecule has 0 radical (unpaired) electrons. The fourth-order valence-electron chi connectivity index (χ4n) is 1.50. The normalized spacial score (nSPS) is 11.2. The van der Waals surface area contributed by atoms with Crippen molar-refractivity contribution in [2.45, 2.75) is 0 Å². The number of pyridine rings is 1. The van der Waals surface area contributed by atoms with Gasteiger partial charge in [-0.1, -0.05) is 23.2 Å². The van der Waals surface area contributed by atoms with Crippen LogP contribution in [0.25, 0.3) is 22.6 Å². The average molecular weight is 349 g/mol. The van der Waals surface area contributed by atoms with Gasteiger partial charge in [0.05, 0.1) is 9.85 Å². The van der Waals surface area contributed by atoms with Gasteiger partial charge >= 0.3 is 0 Å². The Morgan fingerprint density at radius 1 is 1.29 bits per heavy atom. The first-order valence-electron chi connectivity index (χ1n) is 4.60. The summed E-state index contributed by atoms with van der Waals surface area (Å²) < 4.78 is 2.15. The Hall–Kier alpha value is -0.620. The Balaban J connectivity index is 2.21. The van der Waals surface area contributed by atoms with Crippen molar-refractivity contribution in [1.29, 1.82) is 0 Å². The van der Waals surface area contributed by atoms with Crippen molar-refractivity contribution in [3.05, 3.63) is 31.5 Å². The number of thiophene rings is 1. The van der Waals surface area contributed by atoms with E-state index in [1.165, 1.54) is 11.3 Å². The van der Waals surface area contributed by atoms with E-state index in [9.17, 15) is 0 Å². The zero-order chi connectivity index (χ0) is 12.0. The van der Waals surface area contributed by atoms with E-state index in [1.54, 1.807) is 12.3 Å². The molecule has 0 saturated heterocycles. The van der Waals surface area contributed by atoms with Crippen LogP contribution in [-0.2, 0) is 0 Å². The second-order valence-corrected chi connectivity index (χ2v) is 6.55. The van der Waals surface area contributed by atoms with Crippen molar-refractivity contribution in [2.75, 3.05) is 0 Å². The standard InChI is InChI=1S/C10H4BrCl2N3S/c11-4-1-6-10(14-3-4)16-9(15-6)5-2-7(12)17-8(5)13/h1-3H,(H,14,15,16). The molecule has 3 rings (SSSR count). The van der Waals surface area contributed by atoms with Gasteiger partial charge in [0.2, 0.25) is 0 Å². The van der Waals surface area contributed by atoms with E-state index in [2.05, 4.69) is 30.9 Å². The van der Waals surface area contributed by atoms with E-state index in [1.807, 2.05) is 6.07 Å². The van der Waals surface area contributed by atoms with Gasteiger partial charge in [0.15, 0.2) is 5.65 Å². The maximum atomic E-state index is 6.08. The Kier molecular flexibility index (Phi) is 2.86. The maximum absolute atomic E-state index is 6.08. The Labute approximate surface area is 119 Å². The number of fused-ring (bicyclic) bond motifs is 1. The summed E-state index contributed by atoms with van der Waals surface area (Å²) in [6, 6.07) is 3.71. The number of halogens is 3. The van der Waals surface area contributed by atoms with Crippen molar-refractivity contribution < 1.29 is 0 Å². The predicted octanol–water partition coefficient (Wildman–Crippen LogP) is 4.76. The number of aromatic nitrogens is 3. The number of imidazole rings is 1. The summed E-state index contributed by atoms with van der Waals surface area (Å²) in [5.41, 5.74) is 2.31. The van der Waals surface area contributed by atoms with Gasteiger partial charge in [0.1, 0.15) is 10.2 Å². The van der Waals surface area contributed by atoms with Crippen LogP contribution in [0.3, 0.4) is 0 Å². The van der Waals surface area contributed by atoms with E-state index in [0.717, 1.165) is 15.6 Å². The van der Waals surface area contributed by atoms with Crippen molar-refractivity contribution in [2.24, 2.45) is 0 Å². The molecule has 86 valence electrons. The highest BCUT2D eigenvalue weighted by Gasteiger charge is 2.13. The minimum atomic E-state index is 0.619. The fraction of sp³-hybridized carbons (Fsp3) is 0. The number of aromatic amines is 1. The van der Waals surface area contributed by atoms with Crippen LogP contribution in [0.4, 0.5) is 0 Å². The second kappa shape index (κ2) is 4.24. The van der Waals surface area contributed by atoms with Crippen molar-refractivity contribution in [3.8, 4) is 11.4 Å². The van der Waals surface area contributed by atoms with E-state index in [-0.39, 0.29) is 0 Å². The average Bonchev–Trinajstić information content (AvgIpc) is 2.80. The summed E-state index contributed by atoms with van der Waals surface area (Å²) in [6.07, 6.45) is 1.70. The molecule has 3 nitrogen and oxygen atoms in total. The lowest BCUT2D eigenvalue weighted by Crippen LogP contribution is -1.76. The Bertz CT molecular complexity index is 707. The third kappa shape index (κ3) is 2.08. The first kappa shape index (κ1) is 11.5. The number of hydrogen-bond donors (Lipinski definition) is 1. The van der Waals surface area contributed by atoms with Crippen LogP contribution >= 0.6 is 50.5 Å². The van der Waals surface area contributed by atoms with Crippen LogP contribution in [0.1, 0.15) is 0 Å². The van der Waals surface area contributed by atoms with Gasteiger partial charge in [-0.15, -0.1) is 11.3 Å². The van der Waals surface area contributed by atoms with Crippen LogP contribution in [0.2, 0.25) is 8.67 Å². The smallest absolute Gasteiger partial charge is 0.178 e. The van der Waals surface area contributed by atoms with Gasteiger partial charge in [-0.25, -0.2) is 9.97 Å². The van der Waals surface area contributed by atoms with Crippen LogP contribution in [0.15, 0.2) is 22.8 Å². The molecule has 0 aromatic carbocycles. The monoisotopic (exact) mass is 347 g/mol. The molecule has 0 spiro atoms. The van der Waals surface area contributed by atoms with Crippen LogP contribution in [0.5, 0.6) is 0 Å². The highest BCUT2D eigenvalue weighted by atomic mass is 79.9. The van der Waals surface area contributed by atoms with Crippen molar-refractivity contribution in [1.82, 2.24) is 15.0 Å². The van der Waals surface area contributed by atoms with Gasteiger partial charge in [-0.2, -0.15) is 0 Å². The molecule has 3 aromatic rings. The highest BCUT2D eigenvalue weighted by molar-refractivity contribution is 9.10. The molecule has 0 aliphatic carbocycles. The molecule has 17 heavy (non-hydrogen) atoms. The molecule has 0 atom stereocenters. The summed E-state index contributed by atoms with van der Waals surface area (Å²) in [7, 11) is 0. The summed E-state index contributed by atoms with van der Waals surface area (Å²) in [5, 5.41) is 0. The highest BCUT2D eigenvalue weighted by Crippen LogP contribution is 2.37. The van der Waals surface area contributed by atoms with Crippen LogP contribution in [0, 0.1) is 0 Å². The molecule has 0 aliphatic rings. The van der Waals surface area contributed by atoms with E-state index in [0.29, 0.717) is 20.1 Å². The minimum Gasteiger partial charge on any atom is -0.336 e. The molecular weight excluding hydrogens is 345 g/mol. The quantitative estimate of drug-likeness (QED) is 0.689. The lowest BCUT2D eigenvalue weighted by Gasteiger charge is -1.90. The lowest BCUT2D eigenvalue weighted by atomic mass is 10.3. The largest absolute Gasteiger partial charge is 0.336 e. The van der Waals surface area contributed by atoms with Crippen molar-refractivity contribution in [3.63, 3.8) is 0 Å². The lowest BCUT2D eigenvalue weighted by molar-refractivity contribution is 1.30. The molecule has 0 aliphatic heterocycles. The molecule has 0 saturated carbocycles. The number of rotatable bonds is 1. The van der Waals surface area contributed by atoms with Gasteiger partial charge in [0, 0.05) is 16.2 Å². The zero-order valence-corrected chi connectivity index (χ0v) is 12.1. The van der Waals surface area contributed by atoms with Crippen LogP contribution < -0.4 is 0 Å². The fourth-order valence-corrected chi connectivity index (χ4v) is 3.30. The van der Waals surface area contributed by atoms with E-state index < -0.39 is 0 Å². The van der Waals surface area contributed by atoms with Crippen molar-refractivity contribution >= 4 is 61.6 Å². The topological polar surface area (TPSA) is 41.6 Å². The third-order valence-corrected chi connectivity index (χ3v) is 4.14. The van der Waals surface area contributed by atoms with Gasteiger partial charge < -0.3 is 4.98 Å². The van der Waals surface area contributed by atoms with E-state index >= 15 is 0 Å². The number of hydrogen-bond acceptors (Lipinski definition) is 3. The molecule has 3 aromatic heterocycles. The molecule has 0 amide bonds. The molecular formula is C10H4BrCl2N3S. The Morgan fingerprint density at radius 2 is 2.12 bits per heavy atom. The molecule has 0 unspecified atom stereocenters. The zero-order valence-electron chi connectivity index (χ0n) is 8.17. The third-order valence-electron chi connectivity index (χ3n) is 2.22.